The second-order valence-corrected chi connectivity index (χ2v) is 6.71. The molecule has 2 saturated carbocycles. The van der Waals surface area contributed by atoms with Crippen molar-refractivity contribution >= 4 is 0 Å². The third-order valence-corrected chi connectivity index (χ3v) is 4.32. The highest BCUT2D eigenvalue weighted by Crippen LogP contribution is 2.28. The van der Waals surface area contributed by atoms with E-state index in [1.54, 1.807) is 0 Å². The Morgan fingerprint density at radius 1 is 1.33 bits per heavy atom. The summed E-state index contributed by atoms with van der Waals surface area (Å²) in [4.78, 5) is 2.27. The van der Waals surface area contributed by atoms with Crippen LogP contribution in [0.4, 0.5) is 0 Å². The van der Waals surface area contributed by atoms with Crippen molar-refractivity contribution in [1.29, 1.82) is 0 Å². The van der Waals surface area contributed by atoms with Gasteiger partial charge in [0, 0.05) is 31.3 Å². The largest absolute Gasteiger partial charge is 0.465 e. The van der Waals surface area contributed by atoms with Gasteiger partial charge in [0.25, 0.3) is 0 Å². The van der Waals surface area contributed by atoms with Crippen LogP contribution < -0.4 is 5.32 Å². The highest BCUT2D eigenvalue weighted by atomic mass is 16.5. The number of likely N-dealkylation sites (N-methyl/N-ethyl adjacent to an activating group) is 1. The number of hydrogen-bond donors (Lipinski definition) is 1. The molecule has 1 heterocycles. The van der Waals surface area contributed by atoms with Gasteiger partial charge in [0.15, 0.2) is 0 Å². The molecule has 0 spiro atoms. The van der Waals surface area contributed by atoms with Crippen molar-refractivity contribution in [3.05, 3.63) is 23.2 Å². The molecule has 21 heavy (non-hydrogen) atoms. The molecule has 2 fully saturated rings. The summed E-state index contributed by atoms with van der Waals surface area (Å²) in [6, 6.07) is 2.95. The minimum absolute atomic E-state index is 0.744. The van der Waals surface area contributed by atoms with E-state index < -0.39 is 0 Å². The molecule has 1 aromatic rings. The zero-order chi connectivity index (χ0) is 14.7. The monoisotopic (exact) mass is 292 g/mol. The zero-order valence-corrected chi connectivity index (χ0v) is 13.4. The molecular weight excluding hydrogens is 264 g/mol. The first-order valence-corrected chi connectivity index (χ1v) is 8.28. The normalized spacial score (nSPS) is 18.6. The molecular formula is C17H28N2O2. The van der Waals surface area contributed by atoms with Crippen molar-refractivity contribution in [2.75, 3.05) is 26.8 Å². The summed E-state index contributed by atoms with van der Waals surface area (Å²) in [5.74, 6) is 2.96. The molecule has 3 rings (SSSR count). The number of ether oxygens (including phenoxy) is 1. The van der Waals surface area contributed by atoms with Gasteiger partial charge in [0.05, 0.1) is 13.2 Å². The van der Waals surface area contributed by atoms with Crippen LogP contribution in [0, 0.1) is 12.8 Å². The van der Waals surface area contributed by atoms with E-state index in [2.05, 4.69) is 30.3 Å². The molecule has 4 nitrogen and oxygen atoms in total. The summed E-state index contributed by atoms with van der Waals surface area (Å²) in [7, 11) is 2.13. The average molecular weight is 292 g/mol. The minimum Gasteiger partial charge on any atom is -0.465 e. The molecule has 0 atom stereocenters. The van der Waals surface area contributed by atoms with Gasteiger partial charge >= 0.3 is 0 Å². The minimum atomic E-state index is 0.744. The first kappa shape index (κ1) is 15.1. The van der Waals surface area contributed by atoms with E-state index in [9.17, 15) is 0 Å². The lowest BCUT2D eigenvalue weighted by atomic mass is 10.2. The Labute approximate surface area is 127 Å². The van der Waals surface area contributed by atoms with Gasteiger partial charge in [-0.2, -0.15) is 0 Å². The van der Waals surface area contributed by atoms with Gasteiger partial charge in [0.2, 0.25) is 0 Å². The summed E-state index contributed by atoms with van der Waals surface area (Å²) in [6.45, 7) is 6.59. The number of aryl methyl sites for hydroxylation is 1. The van der Waals surface area contributed by atoms with Crippen LogP contribution in [-0.2, 0) is 17.8 Å². The second kappa shape index (κ2) is 6.95. The Hall–Kier alpha value is -0.840. The van der Waals surface area contributed by atoms with Crippen LogP contribution in [0.1, 0.15) is 42.8 Å². The van der Waals surface area contributed by atoms with Gasteiger partial charge in [-0.25, -0.2) is 0 Å². The topological polar surface area (TPSA) is 37.6 Å². The average Bonchev–Trinajstić information content (AvgIpc) is 3.34. The molecule has 0 aromatic carbocycles. The summed E-state index contributed by atoms with van der Waals surface area (Å²) in [5, 5.41) is 3.55. The van der Waals surface area contributed by atoms with E-state index in [1.807, 2.05) is 0 Å². The molecule has 0 saturated heterocycles. The van der Waals surface area contributed by atoms with Crippen LogP contribution >= 0.6 is 0 Å². The molecule has 0 bridgehead atoms. The summed E-state index contributed by atoms with van der Waals surface area (Å²) < 4.78 is 11.6. The Bertz CT molecular complexity index is 450. The van der Waals surface area contributed by atoms with E-state index in [0.717, 1.165) is 56.3 Å². The second-order valence-electron chi connectivity index (χ2n) is 6.71. The first-order chi connectivity index (χ1) is 10.2. The fraction of sp³-hybridized carbons (Fsp3) is 0.765. The molecule has 0 aliphatic heterocycles. The standard InChI is InChI=1S/C17H28N2O2/c1-13-15(10-18-16-5-6-16)9-17(21-13)11-19(2)7-8-20-12-14-3-4-14/h9,14,16,18H,3-8,10-12H2,1-2H3. The first-order valence-electron chi connectivity index (χ1n) is 8.28. The molecule has 0 unspecified atom stereocenters. The molecule has 2 aliphatic carbocycles. The Morgan fingerprint density at radius 2 is 2.14 bits per heavy atom. The van der Waals surface area contributed by atoms with Gasteiger partial charge in [-0.05, 0) is 51.6 Å². The Kier molecular flexibility index (Phi) is 4.99. The SMILES string of the molecule is Cc1oc(CN(C)CCOCC2CC2)cc1CNC1CC1. The lowest BCUT2D eigenvalue weighted by Gasteiger charge is -2.14. The van der Waals surface area contributed by atoms with E-state index >= 15 is 0 Å². The van der Waals surface area contributed by atoms with Crippen LogP contribution in [0.2, 0.25) is 0 Å². The van der Waals surface area contributed by atoms with Gasteiger partial charge in [-0.15, -0.1) is 0 Å². The van der Waals surface area contributed by atoms with E-state index in [4.69, 9.17) is 9.15 Å². The Morgan fingerprint density at radius 3 is 2.86 bits per heavy atom. The van der Waals surface area contributed by atoms with Gasteiger partial charge in [0.1, 0.15) is 11.5 Å². The molecule has 0 amide bonds. The van der Waals surface area contributed by atoms with Crippen LogP contribution in [0.5, 0.6) is 0 Å². The number of hydrogen-bond acceptors (Lipinski definition) is 4. The molecule has 2 aliphatic rings. The lowest BCUT2D eigenvalue weighted by molar-refractivity contribution is 0.0999. The quantitative estimate of drug-likeness (QED) is 0.673. The van der Waals surface area contributed by atoms with Crippen LogP contribution in [0.25, 0.3) is 0 Å². The maximum absolute atomic E-state index is 5.87. The summed E-state index contributed by atoms with van der Waals surface area (Å²) >= 11 is 0. The van der Waals surface area contributed by atoms with Gasteiger partial charge in [-0.3, -0.25) is 4.90 Å². The maximum atomic E-state index is 5.87. The van der Waals surface area contributed by atoms with Gasteiger partial charge in [-0.1, -0.05) is 0 Å². The van der Waals surface area contributed by atoms with Crippen molar-refractivity contribution in [3.8, 4) is 0 Å². The van der Waals surface area contributed by atoms with Crippen LogP contribution in [0.3, 0.4) is 0 Å². The van der Waals surface area contributed by atoms with E-state index in [1.165, 1.54) is 31.2 Å². The fourth-order valence-corrected chi connectivity index (χ4v) is 2.48. The highest BCUT2D eigenvalue weighted by molar-refractivity contribution is 5.21. The molecule has 0 radical (unpaired) electrons. The van der Waals surface area contributed by atoms with Crippen molar-refractivity contribution in [3.63, 3.8) is 0 Å². The summed E-state index contributed by atoms with van der Waals surface area (Å²) in [6.07, 6.45) is 5.37. The van der Waals surface area contributed by atoms with Crippen molar-refractivity contribution in [2.24, 2.45) is 5.92 Å². The van der Waals surface area contributed by atoms with Crippen LogP contribution in [0.15, 0.2) is 10.5 Å². The predicted octanol–water partition coefficient (Wildman–Crippen LogP) is 2.70. The molecule has 4 heteroatoms. The van der Waals surface area contributed by atoms with E-state index in [-0.39, 0.29) is 0 Å². The molecule has 1 N–H and O–H groups in total. The molecule has 118 valence electrons. The lowest BCUT2D eigenvalue weighted by Crippen LogP contribution is -2.23. The third-order valence-electron chi connectivity index (χ3n) is 4.32. The van der Waals surface area contributed by atoms with Crippen molar-refractivity contribution < 1.29 is 9.15 Å². The predicted molar refractivity (Wildman–Crippen MR) is 83.2 cm³/mol. The zero-order valence-electron chi connectivity index (χ0n) is 13.4. The van der Waals surface area contributed by atoms with E-state index in [0.29, 0.717) is 0 Å². The highest BCUT2D eigenvalue weighted by Gasteiger charge is 2.22. The van der Waals surface area contributed by atoms with Gasteiger partial charge < -0.3 is 14.5 Å². The number of nitrogens with one attached hydrogen (secondary N) is 1. The van der Waals surface area contributed by atoms with Crippen molar-refractivity contribution in [2.45, 2.75) is 51.7 Å². The smallest absolute Gasteiger partial charge is 0.118 e. The maximum Gasteiger partial charge on any atom is 0.118 e. The molecule has 1 aromatic heterocycles. The number of rotatable bonds is 10. The Balaban J connectivity index is 1.37. The van der Waals surface area contributed by atoms with Crippen molar-refractivity contribution in [1.82, 2.24) is 10.2 Å². The number of nitrogens with zero attached hydrogens (tertiary/aromatic N) is 1. The van der Waals surface area contributed by atoms with Crippen LogP contribution in [-0.4, -0.2) is 37.7 Å². The number of furan rings is 1. The third kappa shape index (κ3) is 5.13. The summed E-state index contributed by atoms with van der Waals surface area (Å²) in [5.41, 5.74) is 1.30. The fourth-order valence-electron chi connectivity index (χ4n) is 2.48.